The number of carbonyl (C=O) groups is 1. The van der Waals surface area contributed by atoms with Gasteiger partial charge < -0.3 is 4.98 Å². The van der Waals surface area contributed by atoms with E-state index in [0.29, 0.717) is 5.56 Å². The summed E-state index contributed by atoms with van der Waals surface area (Å²) >= 11 is 3.47. The largest absolute Gasteiger partial charge is 0.333 e. The number of nitrogens with one attached hydrogen (secondary N) is 1. The quantitative estimate of drug-likeness (QED) is 0.503. The van der Waals surface area contributed by atoms with Gasteiger partial charge in [0.25, 0.3) is 0 Å². The number of aromatic amines is 1. The van der Waals surface area contributed by atoms with Crippen molar-refractivity contribution in [2.75, 3.05) is 5.75 Å². The molecule has 3 aromatic rings. The van der Waals surface area contributed by atoms with E-state index in [2.05, 4.69) is 34.9 Å². The van der Waals surface area contributed by atoms with E-state index in [1.807, 2.05) is 36.2 Å². The minimum absolute atomic E-state index is 0.0609. The van der Waals surface area contributed by atoms with Crippen LogP contribution in [0.1, 0.15) is 35.5 Å². The number of nitrogens with zero attached hydrogens (tertiary/aromatic N) is 2. The lowest BCUT2D eigenvalue weighted by Crippen LogP contribution is -1.94. The Balaban J connectivity index is 1.78. The Morgan fingerprint density at radius 1 is 1.25 bits per heavy atom. The zero-order chi connectivity index (χ0) is 17.1. The first kappa shape index (κ1) is 17.0. The maximum atomic E-state index is 11.5. The number of rotatable bonds is 6. The van der Waals surface area contributed by atoms with Crippen LogP contribution in [0.15, 0.2) is 40.5 Å². The van der Waals surface area contributed by atoms with E-state index >= 15 is 0 Å². The van der Waals surface area contributed by atoms with Crippen molar-refractivity contribution in [1.82, 2.24) is 15.0 Å². The zero-order valence-electron chi connectivity index (χ0n) is 13.9. The molecule has 124 valence electrons. The number of pyridine rings is 1. The van der Waals surface area contributed by atoms with E-state index in [-0.39, 0.29) is 5.78 Å². The molecule has 4 nitrogen and oxygen atoms in total. The maximum absolute atomic E-state index is 11.5. The summed E-state index contributed by atoms with van der Waals surface area (Å²) in [6.07, 6.45) is 1.87. The molecule has 0 radical (unpaired) electrons. The molecule has 0 aliphatic heterocycles. The van der Waals surface area contributed by atoms with E-state index in [0.717, 1.165) is 33.4 Å². The van der Waals surface area contributed by atoms with Crippen molar-refractivity contribution in [3.8, 4) is 0 Å². The van der Waals surface area contributed by atoms with Gasteiger partial charge in [-0.1, -0.05) is 18.7 Å². The van der Waals surface area contributed by atoms with Crippen LogP contribution in [-0.4, -0.2) is 26.5 Å². The maximum Gasteiger partial charge on any atom is 0.166 e. The smallest absolute Gasteiger partial charge is 0.166 e. The van der Waals surface area contributed by atoms with Gasteiger partial charge in [-0.3, -0.25) is 9.78 Å². The highest BCUT2D eigenvalue weighted by Crippen LogP contribution is 2.28. The number of Topliss-reactive ketones (excluding diaryl/α,β-unsaturated/α-hetero) is 1. The Labute approximate surface area is 149 Å². The van der Waals surface area contributed by atoms with Crippen molar-refractivity contribution in [3.63, 3.8) is 0 Å². The first-order chi connectivity index (χ1) is 11.6. The van der Waals surface area contributed by atoms with Crippen molar-refractivity contribution in [2.45, 2.75) is 36.6 Å². The highest BCUT2D eigenvalue weighted by Gasteiger charge is 2.09. The SMILES string of the molecule is CCSc1ccnc(CSc2nc3ccc(C(C)=O)cc3[nH]2)c1C. The minimum Gasteiger partial charge on any atom is -0.333 e. The van der Waals surface area contributed by atoms with Gasteiger partial charge in [-0.15, -0.1) is 11.8 Å². The lowest BCUT2D eigenvalue weighted by Gasteiger charge is -2.08. The summed E-state index contributed by atoms with van der Waals surface area (Å²) in [6.45, 7) is 5.85. The molecule has 24 heavy (non-hydrogen) atoms. The summed E-state index contributed by atoms with van der Waals surface area (Å²) in [4.78, 5) is 25.1. The van der Waals surface area contributed by atoms with Crippen LogP contribution in [0.3, 0.4) is 0 Å². The Hall–Kier alpha value is -1.79. The van der Waals surface area contributed by atoms with Gasteiger partial charge in [0, 0.05) is 22.4 Å². The summed E-state index contributed by atoms with van der Waals surface area (Å²) in [6, 6.07) is 7.63. The summed E-state index contributed by atoms with van der Waals surface area (Å²) in [5.41, 5.74) is 4.80. The molecule has 6 heteroatoms. The Bertz CT molecular complexity index is 889. The predicted molar refractivity (Wildman–Crippen MR) is 101 cm³/mol. The molecule has 0 spiro atoms. The van der Waals surface area contributed by atoms with Gasteiger partial charge in [-0.2, -0.15) is 0 Å². The molecule has 0 saturated heterocycles. The highest BCUT2D eigenvalue weighted by atomic mass is 32.2. The standard InChI is InChI=1S/C18H19N3OS2/c1-4-23-17-7-8-19-16(11(17)2)10-24-18-20-14-6-5-13(12(3)22)9-15(14)21-18/h5-9H,4,10H2,1-3H3,(H,20,21). The van der Waals surface area contributed by atoms with E-state index < -0.39 is 0 Å². The van der Waals surface area contributed by atoms with Gasteiger partial charge in [0.1, 0.15) is 0 Å². The highest BCUT2D eigenvalue weighted by molar-refractivity contribution is 7.99. The second-order valence-electron chi connectivity index (χ2n) is 5.43. The Morgan fingerprint density at radius 3 is 2.83 bits per heavy atom. The lowest BCUT2D eigenvalue weighted by atomic mass is 10.1. The molecule has 0 amide bonds. The molecule has 0 bridgehead atoms. The number of ketones is 1. The molecule has 0 saturated carbocycles. The average Bonchev–Trinajstić information content (AvgIpc) is 2.97. The number of aromatic nitrogens is 3. The minimum atomic E-state index is 0.0609. The van der Waals surface area contributed by atoms with E-state index in [1.54, 1.807) is 18.7 Å². The molecule has 2 aromatic heterocycles. The van der Waals surface area contributed by atoms with Crippen LogP contribution in [-0.2, 0) is 5.75 Å². The zero-order valence-corrected chi connectivity index (χ0v) is 15.6. The third-order valence-corrected chi connectivity index (χ3v) is 5.70. The molecule has 1 N–H and O–H groups in total. The van der Waals surface area contributed by atoms with E-state index in [4.69, 9.17) is 0 Å². The number of benzene rings is 1. The summed E-state index contributed by atoms with van der Waals surface area (Å²) in [7, 11) is 0. The topological polar surface area (TPSA) is 58.6 Å². The second-order valence-corrected chi connectivity index (χ2v) is 7.70. The van der Waals surface area contributed by atoms with Crippen molar-refractivity contribution in [3.05, 3.63) is 47.3 Å². The molecule has 0 atom stereocenters. The van der Waals surface area contributed by atoms with Crippen LogP contribution in [0, 0.1) is 6.92 Å². The number of carbonyl (C=O) groups excluding carboxylic acids is 1. The van der Waals surface area contributed by atoms with Crippen molar-refractivity contribution in [2.24, 2.45) is 0 Å². The molecule has 1 aromatic carbocycles. The van der Waals surface area contributed by atoms with Crippen LogP contribution in [0.2, 0.25) is 0 Å². The first-order valence-corrected chi connectivity index (χ1v) is 9.76. The molecular formula is C18H19N3OS2. The number of hydrogen-bond donors (Lipinski definition) is 1. The first-order valence-electron chi connectivity index (χ1n) is 7.79. The molecule has 0 fully saturated rings. The van der Waals surface area contributed by atoms with E-state index in [9.17, 15) is 4.79 Å². The van der Waals surface area contributed by atoms with Crippen molar-refractivity contribution >= 4 is 40.3 Å². The van der Waals surface area contributed by atoms with Crippen LogP contribution in [0.5, 0.6) is 0 Å². The fourth-order valence-corrected chi connectivity index (χ4v) is 4.14. The summed E-state index contributed by atoms with van der Waals surface area (Å²) in [5.74, 6) is 1.88. The molecule has 2 heterocycles. The predicted octanol–water partition coefficient (Wildman–Crippen LogP) is 4.87. The molecule has 0 aliphatic rings. The fraction of sp³-hybridized carbons (Fsp3) is 0.278. The van der Waals surface area contributed by atoms with Gasteiger partial charge in [-0.25, -0.2) is 4.98 Å². The van der Waals surface area contributed by atoms with Gasteiger partial charge in [0.15, 0.2) is 10.9 Å². The van der Waals surface area contributed by atoms with Crippen LogP contribution in [0.25, 0.3) is 11.0 Å². The Morgan fingerprint density at radius 2 is 2.08 bits per heavy atom. The van der Waals surface area contributed by atoms with Gasteiger partial charge in [0.2, 0.25) is 0 Å². The summed E-state index contributed by atoms with van der Waals surface area (Å²) in [5, 5.41) is 0.848. The van der Waals surface area contributed by atoms with Crippen LogP contribution >= 0.6 is 23.5 Å². The average molecular weight is 358 g/mol. The van der Waals surface area contributed by atoms with Gasteiger partial charge >= 0.3 is 0 Å². The van der Waals surface area contributed by atoms with Gasteiger partial charge in [-0.05, 0) is 49.4 Å². The lowest BCUT2D eigenvalue weighted by molar-refractivity contribution is 0.101. The van der Waals surface area contributed by atoms with Crippen molar-refractivity contribution < 1.29 is 4.79 Å². The fourth-order valence-electron chi connectivity index (χ4n) is 2.43. The number of hydrogen-bond acceptors (Lipinski definition) is 5. The number of fused-ring (bicyclic) bond motifs is 1. The molecular weight excluding hydrogens is 338 g/mol. The number of H-pyrrole nitrogens is 1. The molecule has 0 aliphatic carbocycles. The molecule has 3 rings (SSSR count). The normalized spacial score (nSPS) is 11.1. The monoisotopic (exact) mass is 357 g/mol. The summed E-state index contributed by atoms with van der Waals surface area (Å²) < 4.78 is 0. The third kappa shape index (κ3) is 3.65. The van der Waals surface area contributed by atoms with E-state index in [1.165, 1.54) is 10.5 Å². The number of thioether (sulfide) groups is 2. The number of imidazole rings is 1. The van der Waals surface area contributed by atoms with Gasteiger partial charge in [0.05, 0.1) is 16.7 Å². The van der Waals surface area contributed by atoms with Crippen LogP contribution < -0.4 is 0 Å². The molecule has 0 unspecified atom stereocenters. The third-order valence-electron chi connectivity index (χ3n) is 3.77. The van der Waals surface area contributed by atoms with Crippen LogP contribution in [0.4, 0.5) is 0 Å². The second kappa shape index (κ2) is 7.40. The Kier molecular flexibility index (Phi) is 5.26. The van der Waals surface area contributed by atoms with Crippen molar-refractivity contribution in [1.29, 1.82) is 0 Å².